The predicted molar refractivity (Wildman–Crippen MR) is 95.9 cm³/mol. The van der Waals surface area contributed by atoms with E-state index in [1.54, 1.807) is 0 Å². The minimum absolute atomic E-state index is 0.120. The lowest BCUT2D eigenvalue weighted by molar-refractivity contribution is -0.138. The number of aromatic nitrogens is 2. The van der Waals surface area contributed by atoms with Crippen LogP contribution in [0.2, 0.25) is 0 Å². The fourth-order valence-corrected chi connectivity index (χ4v) is 4.73. The summed E-state index contributed by atoms with van der Waals surface area (Å²) in [6, 6.07) is 0.344. The predicted octanol–water partition coefficient (Wildman–Crippen LogP) is 2.96. The lowest BCUT2D eigenvalue weighted by atomic mass is 9.89. The summed E-state index contributed by atoms with van der Waals surface area (Å²) in [5.74, 6) is 0.864. The molecule has 0 bridgehead atoms. The molecule has 1 aromatic heterocycles. The molecule has 0 spiro atoms. The molecule has 134 valence electrons. The molecular formula is C17H28N4O2S. The Kier molecular flexibility index (Phi) is 6.05. The Balaban J connectivity index is 1.58. The van der Waals surface area contributed by atoms with Crippen molar-refractivity contribution in [3.8, 4) is 0 Å². The molecule has 6 nitrogen and oxygen atoms in total. The van der Waals surface area contributed by atoms with Crippen LogP contribution in [0.4, 0.5) is 5.13 Å². The van der Waals surface area contributed by atoms with Crippen molar-refractivity contribution in [1.29, 1.82) is 0 Å². The van der Waals surface area contributed by atoms with Crippen LogP contribution >= 0.6 is 11.5 Å². The summed E-state index contributed by atoms with van der Waals surface area (Å²) in [4.78, 5) is 20.1. The molecule has 2 heterocycles. The molecule has 1 aliphatic heterocycles. The first-order chi connectivity index (χ1) is 11.6. The fourth-order valence-electron chi connectivity index (χ4n) is 3.93. The monoisotopic (exact) mass is 352 g/mol. The van der Waals surface area contributed by atoms with E-state index in [0.717, 1.165) is 43.3 Å². The number of carboxylic acids is 1. The minimum atomic E-state index is -0.750. The summed E-state index contributed by atoms with van der Waals surface area (Å²) in [6.45, 7) is 2.06. The standard InChI is InChI=1S/C17H28N4O2S/c1-20(12-15(22)23)14-8-5-10-21(11-9-14)17-18-16(19-24-17)13-6-3-2-4-7-13/h13-14H,2-12H2,1H3,(H,22,23). The number of likely N-dealkylation sites (N-methyl/N-ethyl adjacent to an activating group) is 1. The van der Waals surface area contributed by atoms with Crippen LogP contribution in [0.1, 0.15) is 63.1 Å². The largest absolute Gasteiger partial charge is 0.480 e. The van der Waals surface area contributed by atoms with Crippen molar-refractivity contribution >= 4 is 22.6 Å². The quantitative estimate of drug-likeness (QED) is 0.878. The van der Waals surface area contributed by atoms with E-state index in [1.807, 2.05) is 11.9 Å². The second-order valence-corrected chi connectivity index (χ2v) is 7.88. The smallest absolute Gasteiger partial charge is 0.317 e. The van der Waals surface area contributed by atoms with Crippen molar-refractivity contribution in [2.24, 2.45) is 0 Å². The number of carbonyl (C=O) groups is 1. The Morgan fingerprint density at radius 2 is 2.00 bits per heavy atom. The third-order valence-corrected chi connectivity index (χ3v) is 6.17. The maximum absolute atomic E-state index is 10.9. The lowest BCUT2D eigenvalue weighted by Crippen LogP contribution is -2.36. The topological polar surface area (TPSA) is 69.6 Å². The molecule has 1 aliphatic carbocycles. The number of rotatable bonds is 5. The van der Waals surface area contributed by atoms with Gasteiger partial charge in [-0.1, -0.05) is 19.3 Å². The second kappa shape index (κ2) is 8.25. The fraction of sp³-hybridized carbons (Fsp3) is 0.824. The maximum Gasteiger partial charge on any atom is 0.317 e. The summed E-state index contributed by atoms with van der Waals surface area (Å²) in [6.07, 6.45) is 9.55. The van der Waals surface area contributed by atoms with Gasteiger partial charge in [-0.15, -0.1) is 0 Å². The van der Waals surface area contributed by atoms with Gasteiger partial charge in [0.2, 0.25) is 5.13 Å². The first-order valence-electron chi connectivity index (χ1n) is 9.14. The van der Waals surface area contributed by atoms with Gasteiger partial charge in [0.15, 0.2) is 0 Å². The lowest BCUT2D eigenvalue weighted by Gasteiger charge is -2.25. The third-order valence-electron chi connectivity index (χ3n) is 5.38. The van der Waals surface area contributed by atoms with Crippen LogP contribution in [-0.4, -0.2) is 58.1 Å². The van der Waals surface area contributed by atoms with Crippen LogP contribution in [0.25, 0.3) is 0 Å². The van der Waals surface area contributed by atoms with Crippen LogP contribution < -0.4 is 4.90 Å². The van der Waals surface area contributed by atoms with Crippen molar-refractivity contribution in [3.63, 3.8) is 0 Å². The molecule has 1 saturated heterocycles. The van der Waals surface area contributed by atoms with Crippen molar-refractivity contribution in [3.05, 3.63) is 5.82 Å². The Hall–Kier alpha value is -1.21. The van der Waals surface area contributed by atoms with E-state index in [4.69, 9.17) is 10.1 Å². The van der Waals surface area contributed by atoms with Crippen LogP contribution in [-0.2, 0) is 4.79 Å². The molecule has 1 unspecified atom stereocenters. The van der Waals surface area contributed by atoms with Gasteiger partial charge in [0.05, 0.1) is 6.54 Å². The zero-order chi connectivity index (χ0) is 16.9. The van der Waals surface area contributed by atoms with Gasteiger partial charge in [0.25, 0.3) is 0 Å². The average molecular weight is 353 g/mol. The van der Waals surface area contributed by atoms with Crippen molar-refractivity contribution < 1.29 is 9.90 Å². The third kappa shape index (κ3) is 4.45. The normalized spacial score (nSPS) is 23.4. The summed E-state index contributed by atoms with van der Waals surface area (Å²) < 4.78 is 4.64. The van der Waals surface area contributed by atoms with E-state index in [1.165, 1.54) is 43.6 Å². The number of aliphatic carboxylic acids is 1. The highest BCUT2D eigenvalue weighted by Gasteiger charge is 2.25. The number of hydrogen-bond acceptors (Lipinski definition) is 6. The summed E-state index contributed by atoms with van der Waals surface area (Å²) >= 11 is 1.54. The number of carboxylic acid groups (broad SMARTS) is 1. The molecule has 2 aliphatic rings. The van der Waals surface area contributed by atoms with E-state index in [9.17, 15) is 4.79 Å². The first kappa shape index (κ1) is 17.6. The Morgan fingerprint density at radius 1 is 1.21 bits per heavy atom. The Labute approximate surface area is 148 Å². The van der Waals surface area contributed by atoms with Gasteiger partial charge in [0.1, 0.15) is 5.82 Å². The SMILES string of the molecule is CN(CC(=O)O)C1CCCN(c2nc(C3CCCCC3)ns2)CC1. The molecule has 7 heteroatoms. The van der Waals surface area contributed by atoms with E-state index in [-0.39, 0.29) is 6.54 Å². The molecule has 2 fully saturated rings. The van der Waals surface area contributed by atoms with Crippen LogP contribution in [0.5, 0.6) is 0 Å². The van der Waals surface area contributed by atoms with Crippen molar-refractivity contribution in [2.45, 2.75) is 63.3 Å². The van der Waals surface area contributed by atoms with Gasteiger partial charge in [-0.2, -0.15) is 4.37 Å². The van der Waals surface area contributed by atoms with Crippen LogP contribution in [0, 0.1) is 0 Å². The van der Waals surface area contributed by atoms with Crippen LogP contribution in [0.3, 0.4) is 0 Å². The molecule has 3 rings (SSSR count). The van der Waals surface area contributed by atoms with E-state index in [2.05, 4.69) is 9.27 Å². The number of anilines is 1. The van der Waals surface area contributed by atoms with Crippen LogP contribution in [0.15, 0.2) is 0 Å². The molecule has 0 radical (unpaired) electrons. The van der Waals surface area contributed by atoms with Gasteiger partial charge < -0.3 is 10.0 Å². The summed E-state index contributed by atoms with van der Waals surface area (Å²) in [5.41, 5.74) is 0. The second-order valence-electron chi connectivity index (χ2n) is 7.15. The van der Waals surface area contributed by atoms with Crippen molar-refractivity contribution in [2.75, 3.05) is 31.6 Å². The molecule has 1 N–H and O–H groups in total. The highest BCUT2D eigenvalue weighted by Crippen LogP contribution is 2.33. The molecule has 0 amide bonds. The van der Waals surface area contributed by atoms with E-state index < -0.39 is 5.97 Å². The van der Waals surface area contributed by atoms with E-state index >= 15 is 0 Å². The highest BCUT2D eigenvalue weighted by atomic mass is 32.1. The van der Waals surface area contributed by atoms with Gasteiger partial charge in [-0.05, 0) is 39.2 Å². The maximum atomic E-state index is 10.9. The van der Waals surface area contributed by atoms with Gasteiger partial charge in [-0.3, -0.25) is 9.69 Å². The molecule has 1 saturated carbocycles. The number of nitrogens with zero attached hydrogens (tertiary/aromatic N) is 4. The van der Waals surface area contributed by atoms with Gasteiger partial charge in [-0.25, -0.2) is 4.98 Å². The molecular weight excluding hydrogens is 324 g/mol. The first-order valence-corrected chi connectivity index (χ1v) is 9.91. The number of hydrogen-bond donors (Lipinski definition) is 1. The Morgan fingerprint density at radius 3 is 2.75 bits per heavy atom. The summed E-state index contributed by atoms with van der Waals surface area (Å²) in [7, 11) is 1.92. The van der Waals surface area contributed by atoms with E-state index in [0.29, 0.717) is 12.0 Å². The molecule has 1 aromatic rings. The molecule has 24 heavy (non-hydrogen) atoms. The zero-order valence-corrected chi connectivity index (χ0v) is 15.3. The van der Waals surface area contributed by atoms with Gasteiger partial charge >= 0.3 is 5.97 Å². The van der Waals surface area contributed by atoms with Crippen molar-refractivity contribution in [1.82, 2.24) is 14.3 Å². The molecule has 1 atom stereocenters. The Bertz CT molecular complexity index is 544. The highest BCUT2D eigenvalue weighted by molar-refractivity contribution is 7.09. The minimum Gasteiger partial charge on any atom is -0.480 e. The zero-order valence-electron chi connectivity index (χ0n) is 14.5. The van der Waals surface area contributed by atoms with Gasteiger partial charge in [0, 0.05) is 36.6 Å². The molecule has 0 aromatic carbocycles. The summed E-state index contributed by atoms with van der Waals surface area (Å²) in [5, 5.41) is 10.0. The average Bonchev–Trinajstić information content (AvgIpc) is 2.93.